The zero-order valence-corrected chi connectivity index (χ0v) is 12.0. The van der Waals surface area contributed by atoms with E-state index in [-0.39, 0.29) is 12.6 Å². The monoisotopic (exact) mass is 267 g/mol. The second-order valence-corrected chi connectivity index (χ2v) is 5.55. The van der Waals surface area contributed by atoms with Crippen LogP contribution in [0.25, 0.3) is 0 Å². The Kier molecular flexibility index (Phi) is 5.34. The van der Waals surface area contributed by atoms with E-state index >= 15 is 0 Å². The van der Waals surface area contributed by atoms with Gasteiger partial charge in [0.15, 0.2) is 5.82 Å². The van der Waals surface area contributed by atoms with Gasteiger partial charge in [0.1, 0.15) is 0 Å². The molecule has 1 aromatic rings. The van der Waals surface area contributed by atoms with E-state index in [1.807, 2.05) is 0 Å². The minimum Gasteiger partial charge on any atom is -0.395 e. The molecule has 5 heteroatoms. The predicted molar refractivity (Wildman–Crippen MR) is 72.6 cm³/mol. The van der Waals surface area contributed by atoms with Crippen LogP contribution in [0, 0.1) is 5.92 Å². The molecule has 19 heavy (non-hydrogen) atoms. The van der Waals surface area contributed by atoms with Crippen LogP contribution in [0.3, 0.4) is 0 Å². The van der Waals surface area contributed by atoms with Gasteiger partial charge in [-0.3, -0.25) is 4.90 Å². The lowest BCUT2D eigenvalue weighted by atomic mass is 9.91. The third kappa shape index (κ3) is 3.76. The Bertz CT molecular complexity index is 381. The highest BCUT2D eigenvalue weighted by molar-refractivity contribution is 4.90. The summed E-state index contributed by atoms with van der Waals surface area (Å²) in [4.78, 5) is 6.71. The summed E-state index contributed by atoms with van der Waals surface area (Å²) < 4.78 is 5.25. The fourth-order valence-corrected chi connectivity index (χ4v) is 2.79. The topological polar surface area (TPSA) is 62.4 Å². The molecule has 2 heterocycles. The summed E-state index contributed by atoms with van der Waals surface area (Å²) in [6.45, 7) is 6.26. The lowest BCUT2D eigenvalue weighted by Gasteiger charge is -2.38. The number of hydrogen-bond acceptors (Lipinski definition) is 5. The largest absolute Gasteiger partial charge is 0.395 e. The van der Waals surface area contributed by atoms with Crippen molar-refractivity contribution in [2.45, 2.75) is 58.5 Å². The van der Waals surface area contributed by atoms with Crippen molar-refractivity contribution in [1.82, 2.24) is 15.0 Å². The van der Waals surface area contributed by atoms with Crippen molar-refractivity contribution < 1.29 is 9.63 Å². The Morgan fingerprint density at radius 3 is 3.05 bits per heavy atom. The van der Waals surface area contributed by atoms with Crippen molar-refractivity contribution in [2.24, 2.45) is 5.92 Å². The van der Waals surface area contributed by atoms with Gasteiger partial charge in [0.05, 0.1) is 13.2 Å². The summed E-state index contributed by atoms with van der Waals surface area (Å²) in [7, 11) is 0. The summed E-state index contributed by atoms with van der Waals surface area (Å²) in [5.41, 5.74) is 0. The van der Waals surface area contributed by atoms with E-state index in [1.165, 1.54) is 12.8 Å². The first-order valence-corrected chi connectivity index (χ1v) is 7.41. The highest BCUT2D eigenvalue weighted by Gasteiger charge is 2.28. The second-order valence-electron chi connectivity index (χ2n) is 5.55. The van der Waals surface area contributed by atoms with Gasteiger partial charge in [0, 0.05) is 12.5 Å². The minimum atomic E-state index is 0.210. The van der Waals surface area contributed by atoms with Gasteiger partial charge in [-0.05, 0) is 31.7 Å². The van der Waals surface area contributed by atoms with Crippen molar-refractivity contribution in [3.8, 4) is 0 Å². The van der Waals surface area contributed by atoms with Gasteiger partial charge in [-0.25, -0.2) is 0 Å². The molecule has 2 unspecified atom stereocenters. The maximum absolute atomic E-state index is 9.53. The number of piperidine rings is 1. The van der Waals surface area contributed by atoms with Gasteiger partial charge in [0.25, 0.3) is 0 Å². The van der Waals surface area contributed by atoms with Crippen LogP contribution in [0.4, 0.5) is 0 Å². The Labute approximate surface area is 115 Å². The van der Waals surface area contributed by atoms with Crippen molar-refractivity contribution in [3.05, 3.63) is 11.7 Å². The molecule has 1 aliphatic heterocycles. The molecule has 5 nitrogen and oxygen atoms in total. The molecule has 0 amide bonds. The standard InChI is InChI=1S/C14H25N3O2/c1-3-4-7-14-15-13(16-19-14)9-17-8-5-6-11(2)12(17)10-18/h11-12,18H,3-10H2,1-2H3. The predicted octanol–water partition coefficient (Wildman–Crippen LogP) is 2.01. The Balaban J connectivity index is 1.93. The van der Waals surface area contributed by atoms with E-state index in [4.69, 9.17) is 4.52 Å². The fraction of sp³-hybridized carbons (Fsp3) is 0.857. The average molecular weight is 267 g/mol. The molecule has 1 aliphatic rings. The Hall–Kier alpha value is -0.940. The van der Waals surface area contributed by atoms with Crippen LogP contribution < -0.4 is 0 Å². The molecular formula is C14H25N3O2. The Morgan fingerprint density at radius 1 is 1.47 bits per heavy atom. The second kappa shape index (κ2) is 7.01. The third-order valence-electron chi connectivity index (χ3n) is 4.02. The van der Waals surface area contributed by atoms with Crippen LogP contribution in [0.15, 0.2) is 4.52 Å². The van der Waals surface area contributed by atoms with Crippen LogP contribution in [-0.2, 0) is 13.0 Å². The molecular weight excluding hydrogens is 242 g/mol. The van der Waals surface area contributed by atoms with E-state index in [2.05, 4.69) is 28.9 Å². The van der Waals surface area contributed by atoms with Crippen molar-refractivity contribution in [3.63, 3.8) is 0 Å². The number of aromatic nitrogens is 2. The lowest BCUT2D eigenvalue weighted by Crippen LogP contribution is -2.46. The third-order valence-corrected chi connectivity index (χ3v) is 4.02. The quantitative estimate of drug-likeness (QED) is 0.854. The smallest absolute Gasteiger partial charge is 0.226 e. The number of aryl methyl sites for hydroxylation is 1. The molecule has 2 atom stereocenters. The summed E-state index contributed by atoms with van der Waals surface area (Å²) in [5.74, 6) is 2.02. The lowest BCUT2D eigenvalue weighted by molar-refractivity contribution is 0.0449. The average Bonchev–Trinajstić information content (AvgIpc) is 2.84. The fourth-order valence-electron chi connectivity index (χ4n) is 2.79. The van der Waals surface area contributed by atoms with Crippen LogP contribution in [-0.4, -0.2) is 39.3 Å². The van der Waals surface area contributed by atoms with Gasteiger partial charge in [-0.2, -0.15) is 4.98 Å². The summed E-state index contributed by atoms with van der Waals surface area (Å²) in [6, 6.07) is 0.228. The van der Waals surface area contributed by atoms with E-state index < -0.39 is 0 Å². The van der Waals surface area contributed by atoms with E-state index in [9.17, 15) is 5.11 Å². The van der Waals surface area contributed by atoms with Crippen molar-refractivity contribution in [2.75, 3.05) is 13.2 Å². The van der Waals surface area contributed by atoms with Crippen LogP contribution in [0.2, 0.25) is 0 Å². The van der Waals surface area contributed by atoms with Crippen LogP contribution >= 0.6 is 0 Å². The van der Waals surface area contributed by atoms with Crippen molar-refractivity contribution >= 4 is 0 Å². The molecule has 0 spiro atoms. The van der Waals surface area contributed by atoms with E-state index in [0.29, 0.717) is 12.5 Å². The first-order chi connectivity index (χ1) is 9.24. The number of rotatable bonds is 6. The molecule has 1 N–H and O–H groups in total. The first-order valence-electron chi connectivity index (χ1n) is 7.41. The maximum Gasteiger partial charge on any atom is 0.226 e. The number of hydrogen-bond donors (Lipinski definition) is 1. The molecule has 2 rings (SSSR count). The number of likely N-dealkylation sites (tertiary alicyclic amines) is 1. The maximum atomic E-state index is 9.53. The molecule has 0 aromatic carbocycles. The molecule has 0 saturated carbocycles. The molecule has 1 aromatic heterocycles. The minimum absolute atomic E-state index is 0.210. The first kappa shape index (κ1) is 14.5. The van der Waals surface area contributed by atoms with E-state index in [0.717, 1.165) is 37.5 Å². The van der Waals surface area contributed by atoms with Crippen LogP contribution in [0.1, 0.15) is 51.2 Å². The SMILES string of the molecule is CCCCc1nc(CN2CCCC(C)C2CO)no1. The molecule has 0 bridgehead atoms. The summed E-state index contributed by atoms with van der Waals surface area (Å²) in [6.07, 6.45) is 5.45. The zero-order chi connectivity index (χ0) is 13.7. The van der Waals surface area contributed by atoms with Crippen LogP contribution in [0.5, 0.6) is 0 Å². The highest BCUT2D eigenvalue weighted by atomic mass is 16.5. The molecule has 0 aliphatic carbocycles. The zero-order valence-electron chi connectivity index (χ0n) is 12.0. The molecule has 1 fully saturated rings. The van der Waals surface area contributed by atoms with Gasteiger partial charge >= 0.3 is 0 Å². The molecule has 0 radical (unpaired) electrons. The van der Waals surface area contributed by atoms with Gasteiger partial charge in [-0.15, -0.1) is 0 Å². The van der Waals surface area contributed by atoms with Gasteiger partial charge in [0.2, 0.25) is 5.89 Å². The summed E-state index contributed by atoms with van der Waals surface area (Å²) in [5, 5.41) is 13.6. The Morgan fingerprint density at radius 2 is 2.32 bits per heavy atom. The van der Waals surface area contributed by atoms with Gasteiger partial charge in [-0.1, -0.05) is 25.4 Å². The summed E-state index contributed by atoms with van der Waals surface area (Å²) >= 11 is 0. The highest BCUT2D eigenvalue weighted by Crippen LogP contribution is 2.24. The molecule has 1 saturated heterocycles. The van der Waals surface area contributed by atoms with Crippen molar-refractivity contribution in [1.29, 1.82) is 0 Å². The number of aliphatic hydroxyl groups excluding tert-OH is 1. The number of nitrogens with zero attached hydrogens (tertiary/aromatic N) is 3. The number of unbranched alkanes of at least 4 members (excludes halogenated alkanes) is 1. The normalized spacial score (nSPS) is 24.8. The van der Waals surface area contributed by atoms with Gasteiger partial charge < -0.3 is 9.63 Å². The number of aliphatic hydroxyl groups is 1. The van der Waals surface area contributed by atoms with E-state index in [1.54, 1.807) is 0 Å². The molecule has 108 valence electrons.